The van der Waals surface area contributed by atoms with Gasteiger partial charge in [-0.1, -0.05) is 11.6 Å². The number of nitrogens with zero attached hydrogens (tertiary/aromatic N) is 1. The molecule has 0 aliphatic rings. The molecule has 0 aliphatic heterocycles. The van der Waals surface area contributed by atoms with Gasteiger partial charge < -0.3 is 4.74 Å². The van der Waals surface area contributed by atoms with Crippen molar-refractivity contribution < 1.29 is 18.3 Å². The lowest BCUT2D eigenvalue weighted by atomic mass is 10.1. The van der Waals surface area contributed by atoms with E-state index in [0.717, 1.165) is 0 Å². The summed E-state index contributed by atoms with van der Waals surface area (Å²) in [6.45, 7) is 1.84. The Labute approximate surface area is 110 Å². The molecule has 1 aromatic rings. The molecule has 0 saturated carbocycles. The highest BCUT2D eigenvalue weighted by atomic mass is 79.9. The van der Waals surface area contributed by atoms with E-state index in [2.05, 4.69) is 20.9 Å². The van der Waals surface area contributed by atoms with Crippen molar-refractivity contribution in [1.29, 1.82) is 0 Å². The predicted octanol–water partition coefficient (Wildman–Crippen LogP) is 3.54. The minimum Gasteiger partial charge on any atom is -0.466 e. The van der Waals surface area contributed by atoms with Crippen LogP contribution in [-0.4, -0.2) is 17.6 Å². The van der Waals surface area contributed by atoms with E-state index in [-0.39, 0.29) is 33.9 Å². The van der Waals surface area contributed by atoms with Crippen molar-refractivity contribution in [1.82, 2.24) is 4.98 Å². The molecular weight excluding hydrogens is 319 g/mol. The molecule has 0 fully saturated rings. The summed E-state index contributed by atoms with van der Waals surface area (Å²) in [4.78, 5) is 14.9. The molecule has 0 radical (unpaired) electrons. The number of carbonyl (C=O) groups is 1. The monoisotopic (exact) mass is 327 g/mol. The first-order valence-electron chi connectivity index (χ1n) is 4.74. The van der Waals surface area contributed by atoms with Gasteiger partial charge in [-0.15, -0.1) is 0 Å². The van der Waals surface area contributed by atoms with Gasteiger partial charge in [0.1, 0.15) is 9.76 Å². The van der Waals surface area contributed by atoms with Crippen molar-refractivity contribution >= 4 is 33.5 Å². The van der Waals surface area contributed by atoms with Crippen molar-refractivity contribution in [2.45, 2.75) is 19.8 Å². The van der Waals surface area contributed by atoms with E-state index in [4.69, 9.17) is 16.3 Å². The maximum atomic E-state index is 12.8. The van der Waals surface area contributed by atoms with Crippen LogP contribution >= 0.6 is 27.5 Å². The van der Waals surface area contributed by atoms with Crippen molar-refractivity contribution in [2.75, 3.05) is 6.61 Å². The number of hydrogen-bond donors (Lipinski definition) is 0. The number of ether oxygens (including phenoxy) is 1. The Morgan fingerprint density at radius 1 is 1.65 bits per heavy atom. The molecule has 1 heterocycles. The fourth-order valence-electron chi connectivity index (χ4n) is 1.28. The SMILES string of the molecule is CCOC(=O)Cc1cc(Cl)nc(Br)c1C(F)F. The minimum absolute atomic E-state index is 0.0422. The first kappa shape index (κ1) is 14.3. The molecule has 0 saturated heterocycles. The topological polar surface area (TPSA) is 39.2 Å². The standard InChI is InChI=1S/C10H9BrClF2NO2/c1-2-17-7(16)4-5-3-6(12)15-9(11)8(5)10(13)14/h3,10H,2,4H2,1H3. The normalized spacial score (nSPS) is 10.7. The van der Waals surface area contributed by atoms with E-state index in [9.17, 15) is 13.6 Å². The van der Waals surface area contributed by atoms with Gasteiger partial charge in [0.2, 0.25) is 0 Å². The second-order valence-corrected chi connectivity index (χ2v) is 4.23. The number of carbonyl (C=O) groups excluding carboxylic acids is 1. The lowest BCUT2D eigenvalue weighted by molar-refractivity contribution is -0.142. The average molecular weight is 329 g/mol. The molecule has 0 bridgehead atoms. The first-order chi connectivity index (χ1) is 7.95. The number of alkyl halides is 2. The molecule has 7 heteroatoms. The molecule has 0 spiro atoms. The third-order valence-corrected chi connectivity index (χ3v) is 2.72. The fraction of sp³-hybridized carbons (Fsp3) is 0.400. The molecule has 0 unspecified atom stereocenters. The molecule has 0 N–H and O–H groups in total. The quantitative estimate of drug-likeness (QED) is 0.627. The van der Waals surface area contributed by atoms with Crippen LogP contribution in [0.2, 0.25) is 5.15 Å². The molecule has 1 rings (SSSR count). The second-order valence-electron chi connectivity index (χ2n) is 3.09. The number of pyridine rings is 1. The number of halogens is 4. The van der Waals surface area contributed by atoms with Gasteiger partial charge in [0, 0.05) is 0 Å². The average Bonchev–Trinajstić information content (AvgIpc) is 2.15. The Morgan fingerprint density at radius 2 is 2.29 bits per heavy atom. The van der Waals surface area contributed by atoms with Crippen LogP contribution < -0.4 is 0 Å². The molecule has 1 aromatic heterocycles. The summed E-state index contributed by atoms with van der Waals surface area (Å²) < 4.78 is 30.2. The predicted molar refractivity (Wildman–Crippen MR) is 62.2 cm³/mol. The van der Waals surface area contributed by atoms with Crippen molar-refractivity contribution in [3.05, 3.63) is 26.9 Å². The first-order valence-corrected chi connectivity index (χ1v) is 5.91. The summed E-state index contributed by atoms with van der Waals surface area (Å²) in [7, 11) is 0. The number of aromatic nitrogens is 1. The summed E-state index contributed by atoms with van der Waals surface area (Å²) in [5.41, 5.74) is -0.215. The van der Waals surface area contributed by atoms with E-state index in [1.807, 2.05) is 0 Å². The maximum absolute atomic E-state index is 12.8. The number of esters is 1. The van der Waals surface area contributed by atoms with Crippen molar-refractivity contribution in [3.63, 3.8) is 0 Å². The molecule has 0 atom stereocenters. The van der Waals surface area contributed by atoms with Crippen LogP contribution in [0.25, 0.3) is 0 Å². The lowest BCUT2D eigenvalue weighted by Crippen LogP contribution is -2.10. The Hall–Kier alpha value is -0.750. The van der Waals surface area contributed by atoms with Crippen LogP contribution in [0, 0.1) is 0 Å². The molecule has 0 amide bonds. The van der Waals surface area contributed by atoms with Crippen LogP contribution in [-0.2, 0) is 16.0 Å². The second kappa shape index (κ2) is 6.26. The fourth-order valence-corrected chi connectivity index (χ4v) is 2.22. The zero-order valence-corrected chi connectivity index (χ0v) is 11.2. The van der Waals surface area contributed by atoms with Gasteiger partial charge in [-0.05, 0) is 34.5 Å². The van der Waals surface area contributed by atoms with Gasteiger partial charge in [-0.3, -0.25) is 4.79 Å². The number of hydrogen-bond acceptors (Lipinski definition) is 3. The molecular formula is C10H9BrClF2NO2. The molecule has 3 nitrogen and oxygen atoms in total. The highest BCUT2D eigenvalue weighted by Crippen LogP contribution is 2.31. The smallest absolute Gasteiger partial charge is 0.310 e. The van der Waals surface area contributed by atoms with Gasteiger partial charge in [-0.25, -0.2) is 13.8 Å². The largest absolute Gasteiger partial charge is 0.466 e. The Morgan fingerprint density at radius 3 is 2.82 bits per heavy atom. The van der Waals surface area contributed by atoms with Gasteiger partial charge in [0.25, 0.3) is 6.43 Å². The van der Waals surface area contributed by atoms with Crippen LogP contribution in [0.5, 0.6) is 0 Å². The lowest BCUT2D eigenvalue weighted by Gasteiger charge is -2.10. The summed E-state index contributed by atoms with van der Waals surface area (Å²) in [6.07, 6.45) is -2.99. The van der Waals surface area contributed by atoms with E-state index >= 15 is 0 Å². The highest BCUT2D eigenvalue weighted by molar-refractivity contribution is 9.10. The molecule has 94 valence electrons. The van der Waals surface area contributed by atoms with E-state index < -0.39 is 12.4 Å². The summed E-state index contributed by atoms with van der Waals surface area (Å²) in [5, 5.41) is 0.0422. The van der Waals surface area contributed by atoms with E-state index in [1.165, 1.54) is 6.07 Å². The summed E-state index contributed by atoms with van der Waals surface area (Å²) >= 11 is 8.55. The Bertz CT molecular complexity index is 429. The van der Waals surface area contributed by atoms with Crippen molar-refractivity contribution in [2.24, 2.45) is 0 Å². The third kappa shape index (κ3) is 3.89. The summed E-state index contributed by atoms with van der Waals surface area (Å²) in [6, 6.07) is 1.24. The van der Waals surface area contributed by atoms with Gasteiger partial charge in [0.15, 0.2) is 0 Å². The number of rotatable bonds is 4. The third-order valence-electron chi connectivity index (χ3n) is 1.92. The van der Waals surface area contributed by atoms with Gasteiger partial charge in [-0.2, -0.15) is 0 Å². The Kier molecular flexibility index (Phi) is 5.27. The molecule has 0 aliphatic carbocycles. The van der Waals surface area contributed by atoms with Crippen LogP contribution in [0.4, 0.5) is 8.78 Å². The van der Waals surface area contributed by atoms with Crippen LogP contribution in [0.1, 0.15) is 24.5 Å². The summed E-state index contributed by atoms with van der Waals surface area (Å²) in [5.74, 6) is -0.580. The highest BCUT2D eigenvalue weighted by Gasteiger charge is 2.21. The minimum atomic E-state index is -2.74. The maximum Gasteiger partial charge on any atom is 0.310 e. The Balaban J connectivity index is 3.08. The van der Waals surface area contributed by atoms with Gasteiger partial charge in [0.05, 0.1) is 18.6 Å². The van der Waals surface area contributed by atoms with Gasteiger partial charge >= 0.3 is 5.97 Å². The van der Waals surface area contributed by atoms with Crippen molar-refractivity contribution in [3.8, 4) is 0 Å². The molecule has 17 heavy (non-hydrogen) atoms. The van der Waals surface area contributed by atoms with Crippen LogP contribution in [0.3, 0.4) is 0 Å². The van der Waals surface area contributed by atoms with Crippen LogP contribution in [0.15, 0.2) is 10.7 Å². The van der Waals surface area contributed by atoms with E-state index in [0.29, 0.717) is 0 Å². The zero-order valence-electron chi connectivity index (χ0n) is 8.84. The molecule has 0 aromatic carbocycles. The zero-order chi connectivity index (χ0) is 13.0. The van der Waals surface area contributed by atoms with E-state index in [1.54, 1.807) is 6.92 Å².